The molecule has 34 heavy (non-hydrogen) atoms. The maximum absolute atomic E-state index is 13.8. The van der Waals surface area contributed by atoms with Crippen molar-refractivity contribution < 1.29 is 33.0 Å². The SMILES string of the molecule is CC(NC(=O)OCC1c2ccccc2-c2ccccc21)C(=O)Nc1cc(F)c(C(=O)O)c(F)c1. The second kappa shape index (κ2) is 9.30. The van der Waals surface area contributed by atoms with E-state index in [1.807, 2.05) is 48.5 Å². The Balaban J connectivity index is 1.37. The molecular weight excluding hydrogens is 446 g/mol. The van der Waals surface area contributed by atoms with Gasteiger partial charge in [0, 0.05) is 11.6 Å². The molecule has 1 aliphatic carbocycles. The van der Waals surface area contributed by atoms with Crippen molar-refractivity contribution >= 4 is 23.7 Å². The summed E-state index contributed by atoms with van der Waals surface area (Å²) < 4.78 is 33.0. The lowest BCUT2D eigenvalue weighted by molar-refractivity contribution is -0.117. The number of carbonyl (C=O) groups excluding carboxylic acids is 2. The summed E-state index contributed by atoms with van der Waals surface area (Å²) in [7, 11) is 0. The van der Waals surface area contributed by atoms with Crippen molar-refractivity contribution in [2.45, 2.75) is 18.9 Å². The van der Waals surface area contributed by atoms with Crippen molar-refractivity contribution in [1.29, 1.82) is 0 Å². The van der Waals surface area contributed by atoms with E-state index >= 15 is 0 Å². The molecule has 4 rings (SSSR count). The molecule has 3 aromatic carbocycles. The zero-order valence-electron chi connectivity index (χ0n) is 18.0. The molecule has 174 valence electrons. The predicted molar refractivity (Wildman–Crippen MR) is 120 cm³/mol. The number of alkyl carbamates (subject to hydrolysis) is 1. The van der Waals surface area contributed by atoms with Gasteiger partial charge in [0.25, 0.3) is 0 Å². The largest absolute Gasteiger partial charge is 0.477 e. The number of hydrogen-bond donors (Lipinski definition) is 3. The molecule has 7 nitrogen and oxygen atoms in total. The summed E-state index contributed by atoms with van der Waals surface area (Å²) in [6.07, 6.45) is -0.830. The number of carbonyl (C=O) groups is 3. The van der Waals surface area contributed by atoms with Crippen molar-refractivity contribution in [2.24, 2.45) is 0 Å². The number of halogens is 2. The van der Waals surface area contributed by atoms with Gasteiger partial charge in [0.1, 0.15) is 29.8 Å². The molecule has 2 amide bonds. The molecule has 3 N–H and O–H groups in total. The van der Waals surface area contributed by atoms with Crippen LogP contribution in [0.25, 0.3) is 11.1 Å². The fourth-order valence-electron chi connectivity index (χ4n) is 3.98. The third kappa shape index (κ3) is 4.45. The molecule has 0 heterocycles. The number of nitrogens with one attached hydrogen (secondary N) is 2. The molecule has 1 atom stereocenters. The number of aromatic carboxylic acids is 1. The highest BCUT2D eigenvalue weighted by molar-refractivity contribution is 5.97. The Kier molecular flexibility index (Phi) is 6.27. The summed E-state index contributed by atoms with van der Waals surface area (Å²) in [5.41, 5.74) is 2.82. The molecule has 0 bridgehead atoms. The standard InChI is InChI=1S/C25H20F2N2O5/c1-13(23(30)29-14-10-20(26)22(24(31)32)21(27)11-14)28-25(33)34-12-19-17-8-4-2-6-15(17)16-7-3-5-9-18(16)19/h2-11,13,19H,12H2,1H3,(H,28,33)(H,29,30)(H,31,32). The Morgan fingerprint density at radius 2 is 1.50 bits per heavy atom. The lowest BCUT2D eigenvalue weighted by Crippen LogP contribution is -2.42. The number of anilines is 1. The molecule has 1 unspecified atom stereocenters. The fraction of sp³-hybridized carbons (Fsp3) is 0.160. The molecule has 3 aromatic rings. The van der Waals surface area contributed by atoms with Gasteiger partial charge >= 0.3 is 12.1 Å². The minimum atomic E-state index is -1.77. The Labute approximate surface area is 193 Å². The smallest absolute Gasteiger partial charge is 0.407 e. The summed E-state index contributed by atoms with van der Waals surface area (Å²) in [4.78, 5) is 35.5. The van der Waals surface area contributed by atoms with Crippen LogP contribution in [0.1, 0.15) is 34.3 Å². The monoisotopic (exact) mass is 466 g/mol. The van der Waals surface area contributed by atoms with Crippen LogP contribution in [0.4, 0.5) is 19.3 Å². The summed E-state index contributed by atoms with van der Waals surface area (Å²) >= 11 is 0. The van der Waals surface area contributed by atoms with Crippen LogP contribution in [0.15, 0.2) is 60.7 Å². The average Bonchev–Trinajstić information content (AvgIpc) is 3.10. The van der Waals surface area contributed by atoms with Crippen molar-refractivity contribution in [3.05, 3.63) is 89.0 Å². The van der Waals surface area contributed by atoms with E-state index in [1.165, 1.54) is 6.92 Å². The summed E-state index contributed by atoms with van der Waals surface area (Å²) in [5.74, 6) is -5.35. The molecule has 0 aliphatic heterocycles. The molecule has 0 radical (unpaired) electrons. The van der Waals surface area contributed by atoms with Crippen LogP contribution >= 0.6 is 0 Å². The van der Waals surface area contributed by atoms with Crippen LogP contribution in [-0.2, 0) is 9.53 Å². The maximum atomic E-state index is 13.8. The van der Waals surface area contributed by atoms with E-state index in [0.29, 0.717) is 12.1 Å². The molecule has 0 spiro atoms. The van der Waals surface area contributed by atoms with Gasteiger partial charge in [0.15, 0.2) is 0 Å². The van der Waals surface area contributed by atoms with Crippen LogP contribution in [0.5, 0.6) is 0 Å². The number of hydrogen-bond acceptors (Lipinski definition) is 4. The molecule has 0 aromatic heterocycles. The number of amides is 2. The van der Waals surface area contributed by atoms with Crippen LogP contribution in [-0.4, -0.2) is 35.7 Å². The number of rotatable bonds is 6. The number of carboxylic acid groups (broad SMARTS) is 1. The van der Waals surface area contributed by atoms with Gasteiger partial charge in [-0.1, -0.05) is 48.5 Å². The van der Waals surface area contributed by atoms with Gasteiger partial charge < -0.3 is 20.5 Å². The fourth-order valence-corrected chi connectivity index (χ4v) is 3.98. The van der Waals surface area contributed by atoms with Gasteiger partial charge in [0.2, 0.25) is 5.91 Å². The van der Waals surface area contributed by atoms with E-state index in [-0.39, 0.29) is 18.2 Å². The number of ether oxygens (including phenoxy) is 1. The van der Waals surface area contributed by atoms with Crippen LogP contribution in [0, 0.1) is 11.6 Å². The number of fused-ring (bicyclic) bond motifs is 3. The first-order valence-electron chi connectivity index (χ1n) is 10.4. The van der Waals surface area contributed by atoms with Crippen LogP contribution in [0.3, 0.4) is 0 Å². The average molecular weight is 466 g/mol. The van der Waals surface area contributed by atoms with Crippen molar-refractivity contribution in [2.75, 3.05) is 11.9 Å². The molecule has 0 saturated carbocycles. The summed E-state index contributed by atoms with van der Waals surface area (Å²) in [6.45, 7) is 1.43. The van der Waals surface area contributed by atoms with Gasteiger partial charge in [-0.15, -0.1) is 0 Å². The maximum Gasteiger partial charge on any atom is 0.407 e. The third-order valence-electron chi connectivity index (χ3n) is 5.59. The Morgan fingerprint density at radius 1 is 0.971 bits per heavy atom. The summed E-state index contributed by atoms with van der Waals surface area (Å²) in [5, 5.41) is 13.4. The zero-order chi connectivity index (χ0) is 24.4. The summed E-state index contributed by atoms with van der Waals surface area (Å²) in [6, 6.07) is 16.0. The molecule has 0 fully saturated rings. The van der Waals surface area contributed by atoms with Gasteiger partial charge in [-0.3, -0.25) is 4.79 Å². The highest BCUT2D eigenvalue weighted by Gasteiger charge is 2.29. The first kappa shape index (κ1) is 22.9. The molecule has 1 aliphatic rings. The van der Waals surface area contributed by atoms with Gasteiger partial charge in [0.05, 0.1) is 0 Å². The highest BCUT2D eigenvalue weighted by atomic mass is 19.1. The number of carboxylic acids is 1. The predicted octanol–water partition coefficient (Wildman–Crippen LogP) is 4.53. The topological polar surface area (TPSA) is 105 Å². The molecule has 0 saturated heterocycles. The van der Waals surface area contributed by atoms with Crippen LogP contribution < -0.4 is 10.6 Å². The highest BCUT2D eigenvalue weighted by Crippen LogP contribution is 2.44. The minimum Gasteiger partial charge on any atom is -0.477 e. The minimum absolute atomic E-state index is 0.0568. The Hall–Kier alpha value is -4.27. The molecule has 9 heteroatoms. The van der Waals surface area contributed by atoms with Crippen molar-refractivity contribution in [3.8, 4) is 11.1 Å². The lowest BCUT2D eigenvalue weighted by atomic mass is 9.98. The van der Waals surface area contributed by atoms with E-state index in [0.717, 1.165) is 22.3 Å². The quantitative estimate of drug-likeness (QED) is 0.495. The number of benzene rings is 3. The van der Waals surface area contributed by atoms with Crippen LogP contribution in [0.2, 0.25) is 0 Å². The van der Waals surface area contributed by atoms with Gasteiger partial charge in [-0.25, -0.2) is 18.4 Å². The van der Waals surface area contributed by atoms with E-state index < -0.39 is 41.2 Å². The van der Waals surface area contributed by atoms with E-state index in [2.05, 4.69) is 10.6 Å². The van der Waals surface area contributed by atoms with E-state index in [9.17, 15) is 23.2 Å². The van der Waals surface area contributed by atoms with Gasteiger partial charge in [-0.2, -0.15) is 0 Å². The Morgan fingerprint density at radius 3 is 2.03 bits per heavy atom. The van der Waals surface area contributed by atoms with Gasteiger partial charge in [-0.05, 0) is 41.3 Å². The first-order valence-corrected chi connectivity index (χ1v) is 10.4. The van der Waals surface area contributed by atoms with Crippen molar-refractivity contribution in [3.63, 3.8) is 0 Å². The Bertz CT molecular complexity index is 1230. The molecular formula is C25H20F2N2O5. The second-order valence-corrected chi connectivity index (χ2v) is 7.80. The lowest BCUT2D eigenvalue weighted by Gasteiger charge is -2.17. The van der Waals surface area contributed by atoms with Crippen molar-refractivity contribution in [1.82, 2.24) is 5.32 Å². The van der Waals surface area contributed by atoms with E-state index in [1.54, 1.807) is 0 Å². The zero-order valence-corrected chi connectivity index (χ0v) is 18.0. The van der Waals surface area contributed by atoms with E-state index in [4.69, 9.17) is 9.84 Å². The first-order chi connectivity index (χ1) is 16.3. The third-order valence-corrected chi connectivity index (χ3v) is 5.59. The normalized spacial score (nSPS) is 12.9. The second-order valence-electron chi connectivity index (χ2n) is 7.80.